The average Bonchev–Trinajstić information content (AvgIpc) is 3.68. The first-order chi connectivity index (χ1) is 20.5. The molecule has 0 spiro atoms. The summed E-state index contributed by atoms with van der Waals surface area (Å²) in [5.41, 5.74) is 7.57. The Labute approximate surface area is 248 Å². The van der Waals surface area contributed by atoms with Gasteiger partial charge in [0.2, 0.25) is 23.6 Å². The fraction of sp³-hybridized carbons (Fsp3) is 0.433. The van der Waals surface area contributed by atoms with Gasteiger partial charge in [0.05, 0.1) is 12.6 Å². The monoisotopic (exact) mass is 595 g/mol. The molecule has 2 saturated heterocycles. The third-order valence-electron chi connectivity index (χ3n) is 7.80. The molecular formula is C30H37N5O8. The van der Waals surface area contributed by atoms with Crippen molar-refractivity contribution in [3.63, 3.8) is 0 Å². The van der Waals surface area contributed by atoms with Crippen molar-refractivity contribution in [1.82, 2.24) is 20.4 Å². The van der Waals surface area contributed by atoms with Gasteiger partial charge in [-0.1, -0.05) is 24.3 Å². The van der Waals surface area contributed by atoms with E-state index in [2.05, 4.69) is 10.6 Å². The van der Waals surface area contributed by atoms with Gasteiger partial charge in [-0.05, 0) is 67.5 Å². The molecule has 2 heterocycles. The van der Waals surface area contributed by atoms with Gasteiger partial charge in [0, 0.05) is 19.5 Å². The molecule has 4 amide bonds. The lowest BCUT2D eigenvalue weighted by Gasteiger charge is -2.32. The molecule has 0 bridgehead atoms. The molecule has 13 heteroatoms. The fourth-order valence-corrected chi connectivity index (χ4v) is 5.57. The Morgan fingerprint density at radius 1 is 0.814 bits per heavy atom. The standard InChI is InChI=1S/C30H37N5O8/c31-22(15-18-5-9-20(36)10-6-18)28(40)35-14-2-4-25(35)29(41)34-13-1-3-24(34)27(39)32-17-26(38)33-23(30(42)43)16-19-7-11-21(37)12-8-19/h5-12,22-25,36-37H,1-4,13-17,31H2,(H,32,39)(H,33,38)(H,42,43)/t22-,23-,24-,25-/m0/s1. The predicted octanol–water partition coefficient (Wildman–Crippen LogP) is -0.122. The van der Waals surface area contributed by atoms with E-state index in [4.69, 9.17) is 5.73 Å². The summed E-state index contributed by atoms with van der Waals surface area (Å²) in [6.07, 6.45) is 2.25. The third-order valence-corrected chi connectivity index (χ3v) is 7.80. The molecule has 0 aromatic heterocycles. The molecule has 230 valence electrons. The lowest BCUT2D eigenvalue weighted by molar-refractivity contribution is -0.147. The van der Waals surface area contributed by atoms with Crippen molar-refractivity contribution < 1.29 is 39.3 Å². The van der Waals surface area contributed by atoms with Crippen LogP contribution in [0.15, 0.2) is 48.5 Å². The molecule has 4 rings (SSSR count). The van der Waals surface area contributed by atoms with E-state index in [1.807, 2.05) is 0 Å². The van der Waals surface area contributed by atoms with E-state index >= 15 is 0 Å². The topological polar surface area (TPSA) is 203 Å². The highest BCUT2D eigenvalue weighted by atomic mass is 16.4. The number of hydrogen-bond donors (Lipinski definition) is 6. The number of nitrogens with one attached hydrogen (secondary N) is 2. The first-order valence-electron chi connectivity index (χ1n) is 14.3. The Balaban J connectivity index is 1.31. The highest BCUT2D eigenvalue weighted by Gasteiger charge is 2.43. The number of carboxylic acid groups (broad SMARTS) is 1. The molecular weight excluding hydrogens is 558 g/mol. The van der Waals surface area contributed by atoms with Crippen LogP contribution in [-0.4, -0.2) is 98.5 Å². The van der Waals surface area contributed by atoms with Crippen LogP contribution in [-0.2, 0) is 36.8 Å². The van der Waals surface area contributed by atoms with Crippen molar-refractivity contribution in [2.24, 2.45) is 5.73 Å². The van der Waals surface area contributed by atoms with Crippen molar-refractivity contribution in [3.05, 3.63) is 59.7 Å². The van der Waals surface area contributed by atoms with Crippen molar-refractivity contribution >= 4 is 29.6 Å². The van der Waals surface area contributed by atoms with Crippen LogP contribution >= 0.6 is 0 Å². The lowest BCUT2D eigenvalue weighted by Crippen LogP contribution is -2.56. The highest BCUT2D eigenvalue weighted by molar-refractivity contribution is 5.95. The molecule has 7 N–H and O–H groups in total. The molecule has 2 aliphatic heterocycles. The lowest BCUT2D eigenvalue weighted by atomic mass is 10.0. The summed E-state index contributed by atoms with van der Waals surface area (Å²) in [5.74, 6) is -3.06. The van der Waals surface area contributed by atoms with Gasteiger partial charge < -0.3 is 41.5 Å². The number of hydrogen-bond acceptors (Lipinski definition) is 8. The van der Waals surface area contributed by atoms with Crippen molar-refractivity contribution in [2.75, 3.05) is 19.6 Å². The first-order valence-corrected chi connectivity index (χ1v) is 14.3. The summed E-state index contributed by atoms with van der Waals surface area (Å²) in [4.78, 5) is 66.9. The Bertz CT molecular complexity index is 1330. The van der Waals surface area contributed by atoms with Gasteiger partial charge in [-0.25, -0.2) is 4.79 Å². The van der Waals surface area contributed by atoms with E-state index in [1.54, 1.807) is 24.3 Å². The Hall–Kier alpha value is -4.65. The van der Waals surface area contributed by atoms with Crippen LogP contribution < -0.4 is 16.4 Å². The van der Waals surface area contributed by atoms with Gasteiger partial charge in [-0.2, -0.15) is 0 Å². The van der Waals surface area contributed by atoms with Gasteiger partial charge in [0.25, 0.3) is 0 Å². The number of benzene rings is 2. The predicted molar refractivity (Wildman–Crippen MR) is 154 cm³/mol. The van der Waals surface area contributed by atoms with Crippen molar-refractivity contribution in [2.45, 2.75) is 62.7 Å². The summed E-state index contributed by atoms with van der Waals surface area (Å²) in [5, 5.41) is 33.3. The maximum absolute atomic E-state index is 13.6. The maximum atomic E-state index is 13.6. The third kappa shape index (κ3) is 8.01. The van der Waals surface area contributed by atoms with Gasteiger partial charge in [0.1, 0.15) is 29.6 Å². The van der Waals surface area contributed by atoms with Gasteiger partial charge >= 0.3 is 5.97 Å². The van der Waals surface area contributed by atoms with E-state index in [0.29, 0.717) is 44.3 Å². The van der Waals surface area contributed by atoms with Crippen LogP contribution in [0, 0.1) is 0 Å². The number of nitrogens with two attached hydrogens (primary N) is 1. The Morgan fingerprint density at radius 3 is 1.93 bits per heavy atom. The van der Waals surface area contributed by atoms with Crippen LogP contribution in [0.5, 0.6) is 11.5 Å². The van der Waals surface area contributed by atoms with E-state index in [0.717, 1.165) is 5.56 Å². The zero-order valence-corrected chi connectivity index (χ0v) is 23.6. The second kappa shape index (κ2) is 14.0. The second-order valence-corrected chi connectivity index (χ2v) is 10.9. The van der Waals surface area contributed by atoms with Crippen LogP contribution in [0.4, 0.5) is 0 Å². The summed E-state index contributed by atoms with van der Waals surface area (Å²) in [6.45, 7) is 0.226. The van der Waals surface area contributed by atoms with Crippen LogP contribution in [0.2, 0.25) is 0 Å². The largest absolute Gasteiger partial charge is 0.508 e. The zero-order valence-electron chi connectivity index (χ0n) is 23.6. The molecule has 13 nitrogen and oxygen atoms in total. The molecule has 0 radical (unpaired) electrons. The Kier molecular flexibility index (Phi) is 10.2. The second-order valence-electron chi connectivity index (χ2n) is 10.9. The number of amides is 4. The van der Waals surface area contributed by atoms with Crippen molar-refractivity contribution in [1.29, 1.82) is 0 Å². The minimum absolute atomic E-state index is 0.0184. The molecule has 2 aromatic rings. The number of carboxylic acids is 1. The number of aliphatic carboxylic acids is 1. The summed E-state index contributed by atoms with van der Waals surface area (Å²) < 4.78 is 0. The number of nitrogens with zero attached hydrogens (tertiary/aromatic N) is 2. The minimum Gasteiger partial charge on any atom is -0.508 e. The minimum atomic E-state index is -1.25. The number of rotatable bonds is 11. The van der Waals surface area contributed by atoms with Crippen LogP contribution in [0.1, 0.15) is 36.8 Å². The van der Waals surface area contributed by atoms with Gasteiger partial charge in [-0.15, -0.1) is 0 Å². The number of carbonyl (C=O) groups is 5. The quantitative estimate of drug-likeness (QED) is 0.205. The number of carbonyl (C=O) groups excluding carboxylic acids is 4. The number of phenols is 2. The molecule has 2 aromatic carbocycles. The summed E-state index contributed by atoms with van der Waals surface area (Å²) in [6, 6.07) is 8.62. The molecule has 0 saturated carbocycles. The number of likely N-dealkylation sites (tertiary alicyclic amines) is 2. The Morgan fingerprint density at radius 2 is 1.35 bits per heavy atom. The summed E-state index contributed by atoms with van der Waals surface area (Å²) in [7, 11) is 0. The van der Waals surface area contributed by atoms with Gasteiger partial charge in [-0.3, -0.25) is 19.2 Å². The highest BCUT2D eigenvalue weighted by Crippen LogP contribution is 2.26. The average molecular weight is 596 g/mol. The van der Waals surface area contributed by atoms with Gasteiger partial charge in [0.15, 0.2) is 0 Å². The zero-order chi connectivity index (χ0) is 31.1. The SMILES string of the molecule is N[C@@H](Cc1ccc(O)cc1)C(=O)N1CCC[C@H]1C(=O)N1CCC[C@H]1C(=O)NCC(=O)N[C@@H](Cc1ccc(O)cc1)C(=O)O. The molecule has 0 aliphatic carbocycles. The normalized spacial score (nSPS) is 19.5. The molecule has 2 fully saturated rings. The number of phenolic OH excluding ortho intramolecular Hbond substituents is 2. The van der Waals surface area contributed by atoms with Crippen LogP contribution in [0.3, 0.4) is 0 Å². The molecule has 4 atom stereocenters. The molecule has 0 unspecified atom stereocenters. The van der Waals surface area contributed by atoms with E-state index in [-0.39, 0.29) is 36.2 Å². The van der Waals surface area contributed by atoms with E-state index in [9.17, 15) is 39.3 Å². The number of aromatic hydroxyl groups is 2. The maximum Gasteiger partial charge on any atom is 0.326 e. The molecule has 2 aliphatic rings. The van der Waals surface area contributed by atoms with E-state index < -0.39 is 48.5 Å². The van der Waals surface area contributed by atoms with Crippen molar-refractivity contribution in [3.8, 4) is 11.5 Å². The fourth-order valence-electron chi connectivity index (χ4n) is 5.57. The van der Waals surface area contributed by atoms with E-state index in [1.165, 1.54) is 34.1 Å². The molecule has 43 heavy (non-hydrogen) atoms. The van der Waals surface area contributed by atoms with Crippen LogP contribution in [0.25, 0.3) is 0 Å². The first kappa shape index (κ1) is 31.3. The summed E-state index contributed by atoms with van der Waals surface area (Å²) >= 11 is 0. The smallest absolute Gasteiger partial charge is 0.326 e.